The van der Waals surface area contributed by atoms with E-state index < -0.39 is 8.32 Å². The number of rotatable bonds is 6. The predicted octanol–water partition coefficient (Wildman–Crippen LogP) is 5.50. The van der Waals surface area contributed by atoms with E-state index in [1.54, 1.807) is 0 Å². The molecule has 0 rings (SSSR count). The van der Waals surface area contributed by atoms with E-state index in [9.17, 15) is 0 Å². The van der Waals surface area contributed by atoms with Gasteiger partial charge in [0.25, 0.3) is 0 Å². The molecule has 0 fully saturated rings. The lowest BCUT2D eigenvalue weighted by molar-refractivity contribution is -0.0142. The van der Waals surface area contributed by atoms with E-state index in [-0.39, 0.29) is 21.7 Å². The number of hydrogen-bond donors (Lipinski definition) is 0. The van der Waals surface area contributed by atoms with Crippen molar-refractivity contribution in [3.8, 4) is 0 Å². The first kappa shape index (κ1) is 23.1. The van der Waals surface area contributed by atoms with Crippen LogP contribution < -0.4 is 0 Å². The molecule has 23 heavy (non-hydrogen) atoms. The Morgan fingerprint density at radius 1 is 0.609 bits per heavy atom. The van der Waals surface area contributed by atoms with E-state index in [0.29, 0.717) is 12.5 Å². The summed E-state index contributed by atoms with van der Waals surface area (Å²) < 4.78 is 19.1. The normalized spacial score (nSPS) is 15.1. The lowest BCUT2D eigenvalue weighted by Gasteiger charge is -2.45. The van der Waals surface area contributed by atoms with Crippen molar-refractivity contribution in [1.82, 2.24) is 0 Å². The molecule has 0 saturated carbocycles. The largest absolute Gasteiger partial charge is 0.411 e. The van der Waals surface area contributed by atoms with E-state index in [1.165, 1.54) is 0 Å². The van der Waals surface area contributed by atoms with Gasteiger partial charge in [-0.15, -0.1) is 0 Å². The summed E-state index contributed by atoms with van der Waals surface area (Å²) in [5.74, 6) is 0. The first-order valence-corrected chi connectivity index (χ1v) is 11.1. The molecule has 0 unspecified atom stereocenters. The Morgan fingerprint density at radius 2 is 0.957 bits per heavy atom. The fraction of sp³-hybridized carbons (Fsp3) is 1.00. The second-order valence-corrected chi connectivity index (χ2v) is 15.3. The SMILES string of the molecule is CC(C)(C)CO[Si](COC(C)(C)C)(COC(C)(C)C)C(C)(C)C. The van der Waals surface area contributed by atoms with Crippen LogP contribution in [0, 0.1) is 5.41 Å². The molecule has 0 aromatic heterocycles. The highest BCUT2D eigenvalue weighted by Crippen LogP contribution is 2.39. The summed E-state index contributed by atoms with van der Waals surface area (Å²) in [5.41, 5.74) is -0.209. The van der Waals surface area contributed by atoms with Crippen molar-refractivity contribution in [2.75, 3.05) is 19.1 Å². The van der Waals surface area contributed by atoms with Crippen molar-refractivity contribution in [3.05, 3.63) is 0 Å². The first-order valence-electron chi connectivity index (χ1n) is 8.79. The summed E-state index contributed by atoms with van der Waals surface area (Å²) in [5, 5.41) is 0.0365. The van der Waals surface area contributed by atoms with Gasteiger partial charge >= 0.3 is 0 Å². The van der Waals surface area contributed by atoms with Crippen LogP contribution in [0.5, 0.6) is 0 Å². The molecule has 0 aliphatic heterocycles. The molecule has 0 atom stereocenters. The van der Waals surface area contributed by atoms with Crippen LogP contribution in [0.15, 0.2) is 0 Å². The zero-order valence-electron chi connectivity index (χ0n) is 17.8. The smallest absolute Gasteiger partial charge is 0.248 e. The van der Waals surface area contributed by atoms with Gasteiger partial charge < -0.3 is 13.9 Å². The lowest BCUT2D eigenvalue weighted by atomic mass is 9.99. The molecule has 0 saturated heterocycles. The number of hydrogen-bond acceptors (Lipinski definition) is 3. The zero-order chi connectivity index (χ0) is 18.7. The van der Waals surface area contributed by atoms with Gasteiger partial charge in [0.15, 0.2) is 0 Å². The first-order chi connectivity index (χ1) is 9.87. The van der Waals surface area contributed by atoms with Crippen molar-refractivity contribution in [2.45, 2.75) is 99.3 Å². The van der Waals surface area contributed by atoms with Crippen LogP contribution in [-0.2, 0) is 13.9 Å². The van der Waals surface area contributed by atoms with Crippen LogP contribution in [0.1, 0.15) is 83.1 Å². The second kappa shape index (κ2) is 7.55. The molecule has 0 bridgehead atoms. The second-order valence-electron chi connectivity index (χ2n) is 10.9. The molecule has 3 nitrogen and oxygen atoms in total. The molecular formula is C19H42O3Si. The van der Waals surface area contributed by atoms with Gasteiger partial charge in [-0.25, -0.2) is 0 Å². The molecule has 0 amide bonds. The summed E-state index contributed by atoms with van der Waals surface area (Å²) in [6.07, 6.45) is 1.32. The van der Waals surface area contributed by atoms with Crippen LogP contribution in [0.25, 0.3) is 0 Å². The third-order valence-corrected chi connectivity index (χ3v) is 8.28. The van der Waals surface area contributed by atoms with Crippen LogP contribution in [0.4, 0.5) is 0 Å². The molecule has 0 aliphatic rings. The van der Waals surface area contributed by atoms with Gasteiger partial charge in [0.05, 0.1) is 23.7 Å². The Bertz CT molecular complexity index is 305. The maximum atomic E-state index is 6.64. The van der Waals surface area contributed by atoms with Crippen molar-refractivity contribution in [2.24, 2.45) is 5.41 Å². The molecule has 0 aromatic carbocycles. The molecule has 0 aromatic rings. The molecule has 140 valence electrons. The Labute approximate surface area is 146 Å². The maximum Gasteiger partial charge on any atom is 0.248 e. The zero-order valence-corrected chi connectivity index (χ0v) is 18.8. The van der Waals surface area contributed by atoms with Gasteiger partial charge in [0, 0.05) is 6.61 Å². The molecule has 0 radical (unpaired) electrons. The fourth-order valence-corrected chi connectivity index (χ4v) is 5.39. The lowest BCUT2D eigenvalue weighted by Crippen LogP contribution is -2.59. The summed E-state index contributed by atoms with van der Waals surface area (Å²) in [4.78, 5) is 0. The highest BCUT2D eigenvalue weighted by atomic mass is 28.4. The quantitative estimate of drug-likeness (QED) is 0.594. The van der Waals surface area contributed by atoms with Crippen LogP contribution in [0.2, 0.25) is 5.04 Å². The van der Waals surface area contributed by atoms with Crippen molar-refractivity contribution < 1.29 is 13.9 Å². The van der Waals surface area contributed by atoms with E-state index in [1.807, 2.05) is 0 Å². The summed E-state index contributed by atoms with van der Waals surface area (Å²) in [6, 6.07) is 0. The maximum absolute atomic E-state index is 6.64. The van der Waals surface area contributed by atoms with Crippen molar-refractivity contribution in [1.29, 1.82) is 0 Å². The highest BCUT2D eigenvalue weighted by Gasteiger charge is 2.49. The summed E-state index contributed by atoms with van der Waals surface area (Å²) in [6.45, 7) is 26.8. The van der Waals surface area contributed by atoms with Crippen molar-refractivity contribution >= 4 is 8.32 Å². The Kier molecular flexibility index (Phi) is 7.58. The van der Waals surface area contributed by atoms with Crippen molar-refractivity contribution in [3.63, 3.8) is 0 Å². The third kappa shape index (κ3) is 9.85. The topological polar surface area (TPSA) is 27.7 Å². The Hall–Kier alpha value is 0.0969. The minimum atomic E-state index is -2.27. The third-order valence-electron chi connectivity index (χ3n) is 3.62. The minimum Gasteiger partial charge on any atom is -0.411 e. The summed E-state index contributed by atoms with van der Waals surface area (Å²) >= 11 is 0. The molecular weight excluding hydrogens is 304 g/mol. The standard InChI is InChI=1S/C19H42O3Si/c1-16(2,3)13-22-23(19(10,11)12,14-20-17(4,5)6)15-21-18(7,8)9/h13-15H2,1-12H3. The van der Waals surface area contributed by atoms with Gasteiger partial charge in [-0.2, -0.15) is 0 Å². The van der Waals surface area contributed by atoms with E-state index in [2.05, 4.69) is 83.1 Å². The Morgan fingerprint density at radius 3 is 1.17 bits per heavy atom. The number of ether oxygens (including phenoxy) is 2. The molecule has 0 heterocycles. The average molecular weight is 347 g/mol. The van der Waals surface area contributed by atoms with Crippen LogP contribution in [-0.4, -0.2) is 38.6 Å². The van der Waals surface area contributed by atoms with Gasteiger partial charge in [-0.3, -0.25) is 0 Å². The molecule has 0 N–H and O–H groups in total. The average Bonchev–Trinajstić information content (AvgIpc) is 2.22. The van der Waals surface area contributed by atoms with E-state index in [0.717, 1.165) is 6.61 Å². The van der Waals surface area contributed by atoms with Gasteiger partial charge in [0.1, 0.15) is 0 Å². The van der Waals surface area contributed by atoms with E-state index >= 15 is 0 Å². The Balaban J connectivity index is 5.45. The molecule has 0 aliphatic carbocycles. The predicted molar refractivity (Wildman–Crippen MR) is 102 cm³/mol. The van der Waals surface area contributed by atoms with Crippen LogP contribution in [0.3, 0.4) is 0 Å². The molecule has 0 spiro atoms. The minimum absolute atomic E-state index is 0.0365. The van der Waals surface area contributed by atoms with Gasteiger partial charge in [-0.1, -0.05) is 41.5 Å². The highest BCUT2D eigenvalue weighted by molar-refractivity contribution is 6.76. The van der Waals surface area contributed by atoms with Gasteiger partial charge in [0.2, 0.25) is 8.32 Å². The van der Waals surface area contributed by atoms with Gasteiger partial charge in [-0.05, 0) is 52.0 Å². The molecule has 4 heteroatoms. The van der Waals surface area contributed by atoms with E-state index in [4.69, 9.17) is 13.9 Å². The fourth-order valence-electron chi connectivity index (χ4n) is 1.80. The summed E-state index contributed by atoms with van der Waals surface area (Å²) in [7, 11) is -2.27. The van der Waals surface area contributed by atoms with Crippen LogP contribution >= 0.6 is 0 Å². The monoisotopic (exact) mass is 346 g/mol.